The second-order valence-corrected chi connectivity index (χ2v) is 24.5. The fourth-order valence-electron chi connectivity index (χ4n) is 10.1. The molecule has 78 heavy (non-hydrogen) atoms. The Balaban J connectivity index is 4.64. The van der Waals surface area contributed by atoms with E-state index in [1.54, 1.807) is 0 Å². The number of esters is 3. The Hall–Kier alpha value is -1.78. The van der Waals surface area contributed by atoms with Crippen LogP contribution < -0.4 is 0 Å². The number of allylic oxidation sites excluding steroid dienone is 2. The minimum Gasteiger partial charge on any atom is -0.462 e. The summed E-state index contributed by atoms with van der Waals surface area (Å²) in [4.78, 5) is 48.8. The van der Waals surface area contributed by atoms with Gasteiger partial charge < -0.3 is 24.2 Å². The van der Waals surface area contributed by atoms with Crippen LogP contribution in [0.1, 0.15) is 355 Å². The summed E-state index contributed by atoms with van der Waals surface area (Å²) in [5.41, 5.74) is 0. The van der Waals surface area contributed by atoms with Crippen LogP contribution in [0.4, 0.5) is 0 Å². The molecule has 0 rings (SSSR count). The highest BCUT2D eigenvalue weighted by molar-refractivity contribution is 7.47. The van der Waals surface area contributed by atoms with Crippen molar-refractivity contribution in [3.8, 4) is 0 Å². The number of aliphatic hydroxyl groups is 1. The molecule has 0 radical (unpaired) electrons. The van der Waals surface area contributed by atoms with Crippen molar-refractivity contribution < 1.29 is 52.2 Å². The summed E-state index contributed by atoms with van der Waals surface area (Å²) >= 11 is 0. The standard InChI is InChI=1S/C66H127O11P/c1-4-7-10-13-16-19-22-25-28-30-31-33-36-39-42-45-48-51-54-57-66(70)77-63(59-73-64(68)55-52-49-46-43-40-37-35-32-29-26-23-20-17-14-11-8-5-2)61-75-78(71,72)74-60-62(58-67)76-65(69)56-53-50-47-44-41-38-34-27-24-21-18-15-12-9-6-3/h25,28,62-63,67H,4-24,26-27,29-61H2,1-3H3,(H,71,72)/b28-25-. The van der Waals surface area contributed by atoms with Crippen LogP contribution in [0.2, 0.25) is 0 Å². The van der Waals surface area contributed by atoms with Gasteiger partial charge in [-0.3, -0.25) is 23.4 Å². The van der Waals surface area contributed by atoms with E-state index in [4.69, 9.17) is 23.3 Å². The molecule has 0 amide bonds. The third kappa shape index (κ3) is 58.9. The van der Waals surface area contributed by atoms with E-state index < -0.39 is 57.8 Å². The highest BCUT2D eigenvalue weighted by Crippen LogP contribution is 2.43. The molecular formula is C66H127O11P. The lowest BCUT2D eigenvalue weighted by atomic mass is 10.0. The molecule has 0 aliphatic carbocycles. The van der Waals surface area contributed by atoms with Crippen molar-refractivity contribution in [2.45, 2.75) is 367 Å². The smallest absolute Gasteiger partial charge is 0.462 e. The predicted molar refractivity (Wildman–Crippen MR) is 326 cm³/mol. The molecule has 11 nitrogen and oxygen atoms in total. The molecule has 0 saturated heterocycles. The molecule has 3 unspecified atom stereocenters. The van der Waals surface area contributed by atoms with Gasteiger partial charge >= 0.3 is 25.7 Å². The van der Waals surface area contributed by atoms with Gasteiger partial charge in [0.1, 0.15) is 12.7 Å². The van der Waals surface area contributed by atoms with Crippen molar-refractivity contribution in [2.24, 2.45) is 0 Å². The van der Waals surface area contributed by atoms with Gasteiger partial charge in [-0.05, 0) is 44.9 Å². The third-order valence-corrected chi connectivity index (χ3v) is 16.1. The van der Waals surface area contributed by atoms with E-state index in [-0.39, 0.29) is 25.9 Å². The summed E-state index contributed by atoms with van der Waals surface area (Å²) in [7, 11) is -4.74. The lowest BCUT2D eigenvalue weighted by molar-refractivity contribution is -0.161. The Kier molecular flexibility index (Phi) is 59.9. The first-order valence-electron chi connectivity index (χ1n) is 33.6. The summed E-state index contributed by atoms with van der Waals surface area (Å²) in [6.45, 7) is 4.74. The number of hydrogen-bond acceptors (Lipinski definition) is 10. The monoisotopic (exact) mass is 1130 g/mol. The first kappa shape index (κ1) is 76.2. The van der Waals surface area contributed by atoms with Gasteiger partial charge in [-0.25, -0.2) is 4.57 Å². The molecule has 0 aromatic rings. The van der Waals surface area contributed by atoms with Crippen molar-refractivity contribution in [1.29, 1.82) is 0 Å². The van der Waals surface area contributed by atoms with Gasteiger partial charge in [0.2, 0.25) is 0 Å². The van der Waals surface area contributed by atoms with Crippen molar-refractivity contribution in [3.05, 3.63) is 12.2 Å². The predicted octanol–water partition coefficient (Wildman–Crippen LogP) is 20.4. The largest absolute Gasteiger partial charge is 0.472 e. The quantitative estimate of drug-likeness (QED) is 0.0197. The number of hydrogen-bond donors (Lipinski definition) is 2. The molecule has 0 aliphatic rings. The topological polar surface area (TPSA) is 155 Å². The fourth-order valence-corrected chi connectivity index (χ4v) is 10.8. The van der Waals surface area contributed by atoms with Gasteiger partial charge in [-0.15, -0.1) is 0 Å². The molecule has 2 N–H and O–H groups in total. The lowest BCUT2D eigenvalue weighted by Crippen LogP contribution is -2.30. The maximum atomic E-state index is 13.0. The average molecular weight is 1130 g/mol. The van der Waals surface area contributed by atoms with Crippen LogP contribution in [0.3, 0.4) is 0 Å². The highest BCUT2D eigenvalue weighted by Gasteiger charge is 2.28. The summed E-state index contributed by atoms with van der Waals surface area (Å²) in [6, 6.07) is 0. The van der Waals surface area contributed by atoms with Crippen LogP contribution in [0.25, 0.3) is 0 Å². The third-order valence-electron chi connectivity index (χ3n) is 15.2. The fraction of sp³-hybridized carbons (Fsp3) is 0.924. The summed E-state index contributed by atoms with van der Waals surface area (Å²) < 4.78 is 39.8. The Labute approximate surface area is 481 Å². The van der Waals surface area contributed by atoms with Crippen LogP contribution in [0, 0.1) is 0 Å². The molecular weight excluding hydrogens is 1000 g/mol. The first-order valence-corrected chi connectivity index (χ1v) is 35.1. The van der Waals surface area contributed by atoms with Crippen LogP contribution in [0.5, 0.6) is 0 Å². The average Bonchev–Trinajstić information content (AvgIpc) is 3.43. The van der Waals surface area contributed by atoms with Crippen molar-refractivity contribution in [1.82, 2.24) is 0 Å². The van der Waals surface area contributed by atoms with Gasteiger partial charge in [0.25, 0.3) is 0 Å². The van der Waals surface area contributed by atoms with Gasteiger partial charge in [0.05, 0.1) is 19.8 Å². The van der Waals surface area contributed by atoms with Crippen LogP contribution in [0.15, 0.2) is 12.2 Å². The molecule has 0 heterocycles. The van der Waals surface area contributed by atoms with Gasteiger partial charge in [-0.2, -0.15) is 0 Å². The molecule has 0 aromatic heterocycles. The van der Waals surface area contributed by atoms with Crippen LogP contribution in [-0.2, 0) is 42.2 Å². The minimum absolute atomic E-state index is 0.173. The van der Waals surface area contributed by atoms with Gasteiger partial charge in [0.15, 0.2) is 6.10 Å². The molecule has 12 heteroatoms. The summed E-state index contributed by atoms with van der Waals surface area (Å²) in [5, 5.41) is 9.85. The molecule has 0 spiro atoms. The number of phosphoric ester groups is 1. The zero-order valence-corrected chi connectivity index (χ0v) is 52.3. The molecule has 0 aromatic carbocycles. The van der Waals surface area contributed by atoms with E-state index >= 15 is 0 Å². The Morgan fingerprint density at radius 3 is 0.885 bits per heavy atom. The summed E-state index contributed by atoms with van der Waals surface area (Å²) in [6.07, 6.45) is 63.0. The molecule has 0 fully saturated rings. The molecule has 0 aliphatic heterocycles. The van der Waals surface area contributed by atoms with Crippen LogP contribution in [-0.4, -0.2) is 66.5 Å². The van der Waals surface area contributed by atoms with E-state index in [1.165, 1.54) is 238 Å². The summed E-state index contributed by atoms with van der Waals surface area (Å²) in [5.74, 6) is -1.43. The second-order valence-electron chi connectivity index (χ2n) is 23.0. The van der Waals surface area contributed by atoms with Gasteiger partial charge in [-0.1, -0.05) is 303 Å². The Morgan fingerprint density at radius 1 is 0.346 bits per heavy atom. The normalized spacial score (nSPS) is 13.2. The first-order chi connectivity index (χ1) is 38.2. The van der Waals surface area contributed by atoms with Crippen molar-refractivity contribution >= 4 is 25.7 Å². The van der Waals surface area contributed by atoms with E-state index in [9.17, 15) is 28.9 Å². The number of carbonyl (C=O) groups is 3. The lowest BCUT2D eigenvalue weighted by Gasteiger charge is -2.21. The zero-order valence-electron chi connectivity index (χ0n) is 51.4. The van der Waals surface area contributed by atoms with E-state index in [0.29, 0.717) is 19.3 Å². The maximum Gasteiger partial charge on any atom is 0.472 e. The number of phosphoric acid groups is 1. The second kappa shape index (κ2) is 61.3. The highest BCUT2D eigenvalue weighted by atomic mass is 31.2. The number of rotatable bonds is 64. The number of unbranched alkanes of at least 4 members (excludes halogenated alkanes) is 45. The van der Waals surface area contributed by atoms with E-state index in [1.807, 2.05) is 0 Å². The van der Waals surface area contributed by atoms with Crippen molar-refractivity contribution in [2.75, 3.05) is 26.4 Å². The molecule has 0 saturated carbocycles. The van der Waals surface area contributed by atoms with Gasteiger partial charge in [0, 0.05) is 19.3 Å². The molecule has 3 atom stereocenters. The number of carbonyl (C=O) groups excluding carboxylic acids is 3. The SMILES string of the molecule is CCCCCCCC/C=C\CCCCCCCCCCCC(=O)OC(COC(=O)CCCCCCCCCCCCCCCCCCC)COP(=O)(O)OCC(CO)OC(=O)CCCCCCCCCCCCCCCCC. The van der Waals surface area contributed by atoms with Crippen molar-refractivity contribution in [3.63, 3.8) is 0 Å². The minimum atomic E-state index is -4.74. The maximum absolute atomic E-state index is 13.0. The molecule has 462 valence electrons. The van der Waals surface area contributed by atoms with Crippen LogP contribution >= 0.6 is 7.82 Å². The van der Waals surface area contributed by atoms with E-state index in [0.717, 1.165) is 57.8 Å². The number of aliphatic hydroxyl groups excluding tert-OH is 1. The molecule has 0 bridgehead atoms. The Bertz CT molecular complexity index is 1360. The number of ether oxygens (including phenoxy) is 3. The van der Waals surface area contributed by atoms with E-state index in [2.05, 4.69) is 32.9 Å². The Morgan fingerprint density at radius 2 is 0.590 bits per heavy atom. The zero-order chi connectivity index (χ0) is 56.9.